The second kappa shape index (κ2) is 7.94. The highest BCUT2D eigenvalue weighted by molar-refractivity contribution is 8.01. The number of benzene rings is 2. The lowest BCUT2D eigenvalue weighted by atomic mass is 10.2. The summed E-state index contributed by atoms with van der Waals surface area (Å²) in [5.41, 5.74) is 1.62. The Morgan fingerprint density at radius 3 is 2.58 bits per heavy atom. The van der Waals surface area contributed by atoms with E-state index in [0.29, 0.717) is 16.4 Å². The van der Waals surface area contributed by atoms with E-state index in [1.807, 2.05) is 54.6 Å². The fraction of sp³-hybridized carbons (Fsp3) is 0.118. The zero-order valence-corrected chi connectivity index (χ0v) is 14.6. The number of hydrogen-bond donors (Lipinski definition) is 1. The Balaban J connectivity index is 1.56. The molecule has 7 heteroatoms. The summed E-state index contributed by atoms with van der Waals surface area (Å²) < 4.78 is 5.89. The monoisotopic (exact) mass is 357 g/mol. The van der Waals surface area contributed by atoms with E-state index in [9.17, 15) is 4.79 Å². The van der Waals surface area contributed by atoms with E-state index in [1.54, 1.807) is 7.11 Å². The number of anilines is 2. The number of nitrogens with zero attached hydrogens (tertiary/aromatic N) is 2. The standard InChI is InChI=1S/C17H15N3O2S2/c1-22-14-9-7-13(8-10-14)18-16-19-20-17(24-16)23-11-15(21)12-5-3-2-4-6-12/h2-10H,11H2,1H3,(H,18,19). The summed E-state index contributed by atoms with van der Waals surface area (Å²) in [6, 6.07) is 16.8. The van der Waals surface area contributed by atoms with Gasteiger partial charge < -0.3 is 10.1 Å². The molecule has 3 rings (SSSR count). The fourth-order valence-electron chi connectivity index (χ4n) is 1.95. The third kappa shape index (κ3) is 4.33. The van der Waals surface area contributed by atoms with Crippen molar-refractivity contribution in [3.05, 3.63) is 60.2 Å². The maximum absolute atomic E-state index is 12.1. The Labute approximate surface area is 148 Å². The molecular weight excluding hydrogens is 342 g/mol. The molecule has 0 aliphatic rings. The van der Waals surface area contributed by atoms with Crippen LogP contribution in [0.3, 0.4) is 0 Å². The molecule has 24 heavy (non-hydrogen) atoms. The number of nitrogens with one attached hydrogen (secondary N) is 1. The van der Waals surface area contributed by atoms with Gasteiger partial charge in [-0.05, 0) is 24.3 Å². The van der Waals surface area contributed by atoms with Crippen LogP contribution >= 0.6 is 23.1 Å². The summed E-state index contributed by atoms with van der Waals surface area (Å²) in [5.74, 6) is 1.23. The van der Waals surface area contributed by atoms with Crippen molar-refractivity contribution >= 4 is 39.7 Å². The Kier molecular flexibility index (Phi) is 5.45. The molecule has 0 fully saturated rings. The fourth-order valence-corrected chi connectivity index (χ4v) is 3.62. The van der Waals surface area contributed by atoms with Crippen molar-refractivity contribution in [2.24, 2.45) is 0 Å². The Morgan fingerprint density at radius 1 is 1.12 bits per heavy atom. The molecule has 0 radical (unpaired) electrons. The van der Waals surface area contributed by atoms with Gasteiger partial charge in [0.15, 0.2) is 10.1 Å². The number of methoxy groups -OCH3 is 1. The van der Waals surface area contributed by atoms with Crippen molar-refractivity contribution in [3.8, 4) is 5.75 Å². The molecule has 0 aliphatic heterocycles. The molecule has 0 aliphatic carbocycles. The van der Waals surface area contributed by atoms with Crippen molar-refractivity contribution < 1.29 is 9.53 Å². The van der Waals surface area contributed by atoms with Crippen molar-refractivity contribution in [1.29, 1.82) is 0 Å². The van der Waals surface area contributed by atoms with Gasteiger partial charge in [0, 0.05) is 11.3 Å². The van der Waals surface area contributed by atoms with Gasteiger partial charge in [-0.25, -0.2) is 0 Å². The highest BCUT2D eigenvalue weighted by Crippen LogP contribution is 2.28. The van der Waals surface area contributed by atoms with E-state index in [0.717, 1.165) is 15.8 Å². The topological polar surface area (TPSA) is 64.1 Å². The zero-order chi connectivity index (χ0) is 16.8. The first kappa shape index (κ1) is 16.5. The third-order valence-corrected chi connectivity index (χ3v) is 5.14. The first-order valence-electron chi connectivity index (χ1n) is 7.20. The minimum Gasteiger partial charge on any atom is -0.497 e. The summed E-state index contributed by atoms with van der Waals surface area (Å²) in [7, 11) is 1.63. The lowest BCUT2D eigenvalue weighted by molar-refractivity contribution is 0.102. The summed E-state index contributed by atoms with van der Waals surface area (Å²) in [4.78, 5) is 12.1. The van der Waals surface area contributed by atoms with Gasteiger partial charge in [-0.2, -0.15) is 0 Å². The summed E-state index contributed by atoms with van der Waals surface area (Å²) in [6.07, 6.45) is 0. The number of Topliss-reactive ketones (excluding diaryl/α,β-unsaturated/α-hetero) is 1. The van der Waals surface area contributed by atoms with Crippen LogP contribution in [0, 0.1) is 0 Å². The summed E-state index contributed by atoms with van der Waals surface area (Å²) in [6.45, 7) is 0. The summed E-state index contributed by atoms with van der Waals surface area (Å²) >= 11 is 2.82. The minimum atomic E-state index is 0.0838. The Bertz CT molecular complexity index is 804. The maximum atomic E-state index is 12.1. The highest BCUT2D eigenvalue weighted by Gasteiger charge is 2.10. The van der Waals surface area contributed by atoms with Crippen LogP contribution < -0.4 is 10.1 Å². The number of hydrogen-bond acceptors (Lipinski definition) is 7. The molecule has 1 heterocycles. The van der Waals surface area contributed by atoms with Crippen LogP contribution in [0.1, 0.15) is 10.4 Å². The highest BCUT2D eigenvalue weighted by atomic mass is 32.2. The van der Waals surface area contributed by atoms with Crippen molar-refractivity contribution in [2.75, 3.05) is 18.2 Å². The Hall–Kier alpha value is -2.38. The second-order valence-electron chi connectivity index (χ2n) is 4.80. The molecule has 1 aromatic heterocycles. The maximum Gasteiger partial charge on any atom is 0.210 e. The van der Waals surface area contributed by atoms with Crippen molar-refractivity contribution in [2.45, 2.75) is 4.34 Å². The van der Waals surface area contributed by atoms with Crippen LogP contribution in [-0.2, 0) is 0 Å². The quantitative estimate of drug-likeness (QED) is 0.503. The molecular formula is C17H15N3O2S2. The van der Waals surface area contributed by atoms with Gasteiger partial charge in [-0.15, -0.1) is 10.2 Å². The number of ether oxygens (including phenoxy) is 1. The van der Waals surface area contributed by atoms with Gasteiger partial charge >= 0.3 is 0 Å². The molecule has 2 aromatic carbocycles. The van der Waals surface area contributed by atoms with Crippen LogP contribution in [0.4, 0.5) is 10.8 Å². The van der Waals surface area contributed by atoms with Gasteiger partial charge in [0.1, 0.15) is 5.75 Å². The zero-order valence-electron chi connectivity index (χ0n) is 12.9. The van der Waals surface area contributed by atoms with Gasteiger partial charge in [0.05, 0.1) is 12.9 Å². The van der Waals surface area contributed by atoms with Crippen molar-refractivity contribution in [1.82, 2.24) is 10.2 Å². The van der Waals surface area contributed by atoms with Crippen LogP contribution in [0.5, 0.6) is 5.75 Å². The predicted octanol–water partition coefficient (Wildman–Crippen LogP) is 4.27. The van der Waals surface area contributed by atoms with E-state index >= 15 is 0 Å². The first-order chi connectivity index (χ1) is 11.7. The molecule has 0 amide bonds. The predicted molar refractivity (Wildman–Crippen MR) is 97.7 cm³/mol. The van der Waals surface area contributed by atoms with Gasteiger partial charge in [-0.3, -0.25) is 4.79 Å². The summed E-state index contributed by atoms with van der Waals surface area (Å²) in [5, 5.41) is 12.1. The Morgan fingerprint density at radius 2 is 1.88 bits per heavy atom. The third-order valence-electron chi connectivity index (χ3n) is 3.17. The SMILES string of the molecule is COc1ccc(Nc2nnc(SCC(=O)c3ccccc3)s2)cc1. The van der Waals surface area contributed by atoms with E-state index in [-0.39, 0.29) is 5.78 Å². The molecule has 122 valence electrons. The van der Waals surface area contributed by atoms with Crippen LogP contribution in [0.25, 0.3) is 0 Å². The minimum absolute atomic E-state index is 0.0838. The van der Waals surface area contributed by atoms with E-state index in [2.05, 4.69) is 15.5 Å². The molecule has 0 unspecified atom stereocenters. The molecule has 0 spiro atoms. The second-order valence-corrected chi connectivity index (χ2v) is 7.00. The smallest absolute Gasteiger partial charge is 0.210 e. The van der Waals surface area contributed by atoms with Crippen LogP contribution in [0.2, 0.25) is 0 Å². The molecule has 0 bridgehead atoms. The van der Waals surface area contributed by atoms with Crippen LogP contribution in [0.15, 0.2) is 58.9 Å². The number of ketones is 1. The molecule has 0 atom stereocenters. The van der Waals surface area contributed by atoms with Crippen LogP contribution in [-0.4, -0.2) is 28.8 Å². The largest absolute Gasteiger partial charge is 0.497 e. The molecule has 3 aromatic rings. The van der Waals surface area contributed by atoms with E-state index in [1.165, 1.54) is 23.1 Å². The lowest BCUT2D eigenvalue weighted by Gasteiger charge is -2.03. The normalized spacial score (nSPS) is 10.4. The van der Waals surface area contributed by atoms with E-state index in [4.69, 9.17) is 4.74 Å². The lowest BCUT2D eigenvalue weighted by Crippen LogP contribution is -2.01. The van der Waals surface area contributed by atoms with Gasteiger partial charge in [-0.1, -0.05) is 53.4 Å². The number of carbonyl (C=O) groups is 1. The first-order valence-corrected chi connectivity index (χ1v) is 9.00. The number of carbonyl (C=O) groups excluding carboxylic acids is 1. The molecule has 5 nitrogen and oxygen atoms in total. The number of aromatic nitrogens is 2. The molecule has 0 saturated carbocycles. The average Bonchev–Trinajstić information content (AvgIpc) is 3.08. The average molecular weight is 357 g/mol. The molecule has 0 saturated heterocycles. The van der Waals surface area contributed by atoms with Gasteiger partial charge in [0.2, 0.25) is 5.13 Å². The number of rotatable bonds is 7. The van der Waals surface area contributed by atoms with Crippen molar-refractivity contribution in [3.63, 3.8) is 0 Å². The van der Waals surface area contributed by atoms with E-state index < -0.39 is 0 Å². The molecule has 1 N–H and O–H groups in total. The van der Waals surface area contributed by atoms with Gasteiger partial charge in [0.25, 0.3) is 0 Å². The number of thioether (sulfide) groups is 1.